The number of nitrogens with zero attached hydrogens (tertiary/aromatic N) is 1. The molecule has 4 heteroatoms. The van der Waals surface area contributed by atoms with Crippen LogP contribution in [0.5, 0.6) is 0 Å². The lowest BCUT2D eigenvalue weighted by Crippen LogP contribution is -2.00. The summed E-state index contributed by atoms with van der Waals surface area (Å²) in [6.45, 7) is 0. The summed E-state index contributed by atoms with van der Waals surface area (Å²) >= 11 is 6.83. The van der Waals surface area contributed by atoms with Crippen molar-refractivity contribution in [3.63, 3.8) is 0 Å². The number of aromatic nitrogens is 1. The van der Waals surface area contributed by atoms with Crippen LogP contribution in [0.1, 0.15) is 15.9 Å². The van der Waals surface area contributed by atoms with Crippen molar-refractivity contribution in [3.05, 3.63) is 53.7 Å². The maximum absolute atomic E-state index is 11.2. The minimum absolute atomic E-state index is 0.614. The molecule has 0 saturated heterocycles. The Kier molecular flexibility index (Phi) is 4.23. The van der Waals surface area contributed by atoms with Crippen LogP contribution in [-0.2, 0) is 0 Å². The summed E-state index contributed by atoms with van der Waals surface area (Å²) in [5, 5.41) is 0. The highest BCUT2D eigenvalue weighted by Crippen LogP contribution is 2.28. The van der Waals surface area contributed by atoms with Crippen LogP contribution in [0.2, 0.25) is 0 Å². The average Bonchev–Trinajstić information content (AvgIpc) is 2.46. The second-order valence-electron chi connectivity index (χ2n) is 3.59. The van der Waals surface area contributed by atoms with E-state index < -0.39 is 0 Å². The van der Waals surface area contributed by atoms with E-state index in [2.05, 4.69) is 4.98 Å². The number of rotatable bonds is 3. The minimum atomic E-state index is 0.614. The molecule has 0 bridgehead atoms. The summed E-state index contributed by atoms with van der Waals surface area (Å²) in [7, 11) is 0. The Balaban J connectivity index is 2.70. The van der Waals surface area contributed by atoms with E-state index in [9.17, 15) is 4.79 Å². The van der Waals surface area contributed by atoms with E-state index >= 15 is 0 Å². The van der Waals surface area contributed by atoms with E-state index in [-0.39, 0.29) is 0 Å². The topological polar surface area (TPSA) is 30.0 Å². The molecule has 0 aliphatic rings. The first-order valence-electron chi connectivity index (χ1n) is 5.36. The van der Waals surface area contributed by atoms with Gasteiger partial charge in [-0.15, -0.1) is 11.8 Å². The molecule has 0 N–H and O–H groups in total. The molecule has 2 rings (SSSR count). The summed E-state index contributed by atoms with van der Waals surface area (Å²) in [5.74, 6) is 0. The van der Waals surface area contributed by atoms with E-state index in [4.69, 9.17) is 12.2 Å². The van der Waals surface area contributed by atoms with Gasteiger partial charge in [0.25, 0.3) is 0 Å². The lowest BCUT2D eigenvalue weighted by Gasteiger charge is -2.11. The quantitative estimate of drug-likeness (QED) is 0.631. The number of thioether (sulfide) groups is 1. The third kappa shape index (κ3) is 2.49. The normalized spacial score (nSPS) is 10.1. The molecule has 2 nitrogen and oxygen atoms in total. The predicted molar refractivity (Wildman–Crippen MR) is 80.3 cm³/mol. The molecule has 1 heterocycles. The Bertz CT molecular complexity index is 582. The molecule has 0 unspecified atom stereocenters. The molecule has 0 aliphatic carbocycles. The number of carbonyl (C=O) groups is 1. The van der Waals surface area contributed by atoms with Crippen molar-refractivity contribution in [1.82, 2.24) is 4.98 Å². The molecular formula is C14H11NOS2. The van der Waals surface area contributed by atoms with Crippen LogP contribution in [-0.4, -0.2) is 21.7 Å². The molecule has 1 aromatic carbocycles. The smallest absolute Gasteiger partial charge is 0.150 e. The van der Waals surface area contributed by atoms with E-state index in [1.54, 1.807) is 12.3 Å². The molecular weight excluding hydrogens is 262 g/mol. The molecule has 0 saturated carbocycles. The second kappa shape index (κ2) is 5.89. The summed E-state index contributed by atoms with van der Waals surface area (Å²) in [6, 6.07) is 11.2. The Morgan fingerprint density at radius 3 is 2.72 bits per heavy atom. The zero-order valence-corrected chi connectivity index (χ0v) is 11.4. The SMILES string of the molecule is CSC(=S)c1cccc(C=O)c1-c1ccccn1. The molecule has 0 atom stereocenters. The van der Waals surface area contributed by atoms with Gasteiger partial charge >= 0.3 is 0 Å². The van der Waals surface area contributed by atoms with Crippen molar-refractivity contribution in [3.8, 4) is 11.3 Å². The monoisotopic (exact) mass is 273 g/mol. The molecule has 2 aromatic rings. The highest BCUT2D eigenvalue weighted by molar-refractivity contribution is 8.23. The minimum Gasteiger partial charge on any atom is -0.298 e. The first-order chi connectivity index (χ1) is 8.77. The molecule has 0 spiro atoms. The largest absolute Gasteiger partial charge is 0.298 e. The van der Waals surface area contributed by atoms with Gasteiger partial charge in [-0.1, -0.05) is 36.5 Å². The number of carbonyl (C=O) groups excluding carboxylic acids is 1. The lowest BCUT2D eigenvalue weighted by atomic mass is 9.99. The summed E-state index contributed by atoms with van der Waals surface area (Å²) in [6.07, 6.45) is 4.48. The molecule has 18 heavy (non-hydrogen) atoms. The van der Waals surface area contributed by atoms with E-state index in [0.717, 1.165) is 27.3 Å². The van der Waals surface area contributed by atoms with Gasteiger partial charge in [0, 0.05) is 22.9 Å². The van der Waals surface area contributed by atoms with Crippen molar-refractivity contribution in [2.75, 3.05) is 6.26 Å². The molecule has 0 amide bonds. The fourth-order valence-corrected chi connectivity index (χ4v) is 2.31. The fourth-order valence-electron chi connectivity index (χ4n) is 1.74. The van der Waals surface area contributed by atoms with Crippen molar-refractivity contribution in [2.24, 2.45) is 0 Å². The van der Waals surface area contributed by atoms with Crippen molar-refractivity contribution < 1.29 is 4.79 Å². The number of hydrogen-bond donors (Lipinski definition) is 0. The van der Waals surface area contributed by atoms with Crippen molar-refractivity contribution in [1.29, 1.82) is 0 Å². The standard InChI is InChI=1S/C14H11NOS2/c1-18-14(17)11-6-4-5-10(9-16)13(11)12-7-2-3-8-15-12/h2-9H,1H3. The lowest BCUT2D eigenvalue weighted by molar-refractivity contribution is 0.112. The summed E-state index contributed by atoms with van der Waals surface area (Å²) in [5.41, 5.74) is 3.09. The van der Waals surface area contributed by atoms with Crippen LogP contribution >= 0.6 is 24.0 Å². The number of aldehydes is 1. The van der Waals surface area contributed by atoms with Crippen molar-refractivity contribution in [2.45, 2.75) is 0 Å². The number of thiocarbonyl (C=S) groups is 1. The number of benzene rings is 1. The molecule has 0 aliphatic heterocycles. The van der Waals surface area contributed by atoms with Crippen LogP contribution < -0.4 is 0 Å². The Labute approximate surface area is 115 Å². The zero-order valence-electron chi connectivity index (χ0n) is 9.79. The molecule has 0 fully saturated rings. The van der Waals surface area contributed by atoms with Crippen molar-refractivity contribution >= 4 is 34.5 Å². The van der Waals surface area contributed by atoms with E-state index in [0.29, 0.717) is 5.56 Å². The van der Waals surface area contributed by atoms with E-state index in [1.165, 1.54) is 11.8 Å². The number of pyridine rings is 1. The molecule has 0 radical (unpaired) electrons. The molecule has 90 valence electrons. The summed E-state index contributed by atoms with van der Waals surface area (Å²) < 4.78 is 0.763. The molecule has 1 aromatic heterocycles. The van der Waals surface area contributed by atoms with Gasteiger partial charge < -0.3 is 0 Å². The van der Waals surface area contributed by atoms with Crippen LogP contribution in [0.3, 0.4) is 0 Å². The van der Waals surface area contributed by atoms with Gasteiger partial charge in [-0.3, -0.25) is 9.78 Å². The van der Waals surface area contributed by atoms with Gasteiger partial charge in [-0.2, -0.15) is 0 Å². The highest BCUT2D eigenvalue weighted by atomic mass is 32.2. The average molecular weight is 273 g/mol. The fraction of sp³-hybridized carbons (Fsp3) is 0.0714. The van der Waals surface area contributed by atoms with Gasteiger partial charge in [0.05, 0.1) is 9.89 Å². The van der Waals surface area contributed by atoms with Gasteiger partial charge in [0.2, 0.25) is 0 Å². The number of hydrogen-bond acceptors (Lipinski definition) is 4. The van der Waals surface area contributed by atoms with Crippen LogP contribution in [0.25, 0.3) is 11.3 Å². The Hall–Kier alpha value is -1.52. The van der Waals surface area contributed by atoms with Crippen LogP contribution in [0.4, 0.5) is 0 Å². The second-order valence-corrected chi connectivity index (χ2v) is 5.08. The predicted octanol–water partition coefficient (Wildman–Crippen LogP) is 3.60. The van der Waals surface area contributed by atoms with Crippen LogP contribution in [0, 0.1) is 0 Å². The van der Waals surface area contributed by atoms with Crippen LogP contribution in [0.15, 0.2) is 42.6 Å². The maximum Gasteiger partial charge on any atom is 0.150 e. The highest BCUT2D eigenvalue weighted by Gasteiger charge is 2.13. The third-order valence-electron chi connectivity index (χ3n) is 2.55. The van der Waals surface area contributed by atoms with Gasteiger partial charge in [0.15, 0.2) is 6.29 Å². The Morgan fingerprint density at radius 1 is 1.28 bits per heavy atom. The van der Waals surface area contributed by atoms with E-state index in [1.807, 2.05) is 36.6 Å². The zero-order chi connectivity index (χ0) is 13.0. The first-order valence-corrected chi connectivity index (χ1v) is 6.99. The van der Waals surface area contributed by atoms with Gasteiger partial charge in [-0.05, 0) is 18.4 Å². The van der Waals surface area contributed by atoms with Gasteiger partial charge in [-0.25, -0.2) is 0 Å². The first kappa shape index (κ1) is 12.9. The Morgan fingerprint density at radius 2 is 2.11 bits per heavy atom. The summed E-state index contributed by atoms with van der Waals surface area (Å²) in [4.78, 5) is 15.5. The maximum atomic E-state index is 11.2. The third-order valence-corrected chi connectivity index (χ3v) is 3.86. The van der Waals surface area contributed by atoms with Gasteiger partial charge in [0.1, 0.15) is 0 Å².